The molecule has 0 amide bonds. The molecule has 130 valence electrons. The van der Waals surface area contributed by atoms with Gasteiger partial charge < -0.3 is 4.74 Å². The molecule has 0 saturated heterocycles. The van der Waals surface area contributed by atoms with Crippen molar-refractivity contribution in [2.45, 2.75) is 26.7 Å². The van der Waals surface area contributed by atoms with Crippen LogP contribution in [0.25, 0.3) is 6.08 Å². The number of ether oxygens (including phenoxy) is 1. The molecule has 2 rings (SSSR count). The van der Waals surface area contributed by atoms with Crippen LogP contribution in [0.4, 0.5) is 5.69 Å². The minimum Gasteiger partial charge on any atom is -0.430 e. The van der Waals surface area contributed by atoms with Gasteiger partial charge in [0.2, 0.25) is 0 Å². The minimum absolute atomic E-state index is 0.0234. The van der Waals surface area contributed by atoms with Gasteiger partial charge in [-0.3, -0.25) is 24.5 Å². The first-order valence-corrected chi connectivity index (χ1v) is 7.64. The Bertz CT molecular complexity index is 819. The summed E-state index contributed by atoms with van der Waals surface area (Å²) in [5.41, 5.74) is 0.962. The van der Waals surface area contributed by atoms with Crippen LogP contribution in [0.1, 0.15) is 37.8 Å². The number of nitro groups is 1. The van der Waals surface area contributed by atoms with Gasteiger partial charge in [-0.2, -0.15) is 0 Å². The molecule has 25 heavy (non-hydrogen) atoms. The van der Waals surface area contributed by atoms with E-state index in [1.54, 1.807) is 12.1 Å². The van der Waals surface area contributed by atoms with E-state index in [1.165, 1.54) is 19.1 Å². The lowest BCUT2D eigenvalue weighted by atomic mass is 9.95. The van der Waals surface area contributed by atoms with Gasteiger partial charge in [0.1, 0.15) is 5.76 Å². The number of esters is 1. The number of nitro benzene ring substituents is 1. The molecule has 0 spiro atoms. The van der Waals surface area contributed by atoms with Crippen LogP contribution in [0, 0.1) is 16.0 Å². The maximum absolute atomic E-state index is 12.1. The van der Waals surface area contributed by atoms with Crippen molar-refractivity contribution < 1.29 is 24.0 Å². The maximum Gasteiger partial charge on any atom is 0.329 e. The zero-order valence-electron chi connectivity index (χ0n) is 14.0. The fraction of sp³-hybridized carbons (Fsp3) is 0.278. The van der Waals surface area contributed by atoms with Crippen molar-refractivity contribution in [1.82, 2.24) is 0 Å². The standard InChI is InChI=1S/C18H17NO6/c1-10(2)13-6-4-12(9-14(13)19(23)24)5-7-15(20)17-16(21)8-11(3)25-18(17)22/h4-10,17H,1-3H3/b7-5+. The van der Waals surface area contributed by atoms with E-state index >= 15 is 0 Å². The lowest BCUT2D eigenvalue weighted by Crippen LogP contribution is -2.34. The third-order valence-corrected chi connectivity index (χ3v) is 3.73. The van der Waals surface area contributed by atoms with Gasteiger partial charge in [-0.25, -0.2) is 0 Å². The number of carbonyl (C=O) groups excluding carboxylic acids is 3. The molecule has 0 saturated carbocycles. The van der Waals surface area contributed by atoms with Crippen LogP contribution in [0.3, 0.4) is 0 Å². The lowest BCUT2D eigenvalue weighted by Gasteiger charge is -2.15. The number of nitrogens with zero attached hydrogens (tertiary/aromatic N) is 1. The molecular weight excluding hydrogens is 326 g/mol. The summed E-state index contributed by atoms with van der Waals surface area (Å²) in [4.78, 5) is 46.3. The van der Waals surface area contributed by atoms with Gasteiger partial charge in [0.15, 0.2) is 17.5 Å². The van der Waals surface area contributed by atoms with Crippen LogP contribution >= 0.6 is 0 Å². The Labute approximate surface area is 144 Å². The maximum atomic E-state index is 12.1. The lowest BCUT2D eigenvalue weighted by molar-refractivity contribution is -0.385. The van der Waals surface area contributed by atoms with Crippen LogP contribution in [0.15, 0.2) is 36.1 Å². The smallest absolute Gasteiger partial charge is 0.329 e. The van der Waals surface area contributed by atoms with Crippen molar-refractivity contribution in [1.29, 1.82) is 0 Å². The molecule has 7 heteroatoms. The Morgan fingerprint density at radius 3 is 2.56 bits per heavy atom. The second-order valence-electron chi connectivity index (χ2n) is 5.98. The quantitative estimate of drug-likeness (QED) is 0.268. The molecule has 1 heterocycles. The molecule has 1 unspecified atom stereocenters. The summed E-state index contributed by atoms with van der Waals surface area (Å²) in [6, 6.07) is 4.61. The molecule has 0 aliphatic carbocycles. The van der Waals surface area contributed by atoms with Crippen LogP contribution in [-0.2, 0) is 19.1 Å². The fourth-order valence-corrected chi connectivity index (χ4v) is 2.49. The summed E-state index contributed by atoms with van der Waals surface area (Å²) < 4.78 is 4.79. The molecular formula is C18H17NO6. The van der Waals surface area contributed by atoms with E-state index in [2.05, 4.69) is 0 Å². The highest BCUT2D eigenvalue weighted by molar-refractivity contribution is 6.25. The van der Waals surface area contributed by atoms with Crippen molar-refractivity contribution in [3.63, 3.8) is 0 Å². The van der Waals surface area contributed by atoms with E-state index in [1.807, 2.05) is 13.8 Å². The number of allylic oxidation sites excluding steroid dienone is 3. The average molecular weight is 343 g/mol. The Hall–Kier alpha value is -3.09. The van der Waals surface area contributed by atoms with E-state index in [0.717, 1.165) is 12.2 Å². The predicted octanol–water partition coefficient (Wildman–Crippen LogP) is 2.95. The van der Waals surface area contributed by atoms with Crippen molar-refractivity contribution in [3.05, 3.63) is 57.4 Å². The van der Waals surface area contributed by atoms with Crippen LogP contribution < -0.4 is 0 Å². The first kappa shape index (κ1) is 18.3. The van der Waals surface area contributed by atoms with Gasteiger partial charge >= 0.3 is 5.97 Å². The van der Waals surface area contributed by atoms with E-state index in [-0.39, 0.29) is 17.4 Å². The van der Waals surface area contributed by atoms with Crippen LogP contribution in [0.2, 0.25) is 0 Å². The van der Waals surface area contributed by atoms with Crippen molar-refractivity contribution in [3.8, 4) is 0 Å². The van der Waals surface area contributed by atoms with Gasteiger partial charge in [0, 0.05) is 17.7 Å². The molecule has 0 radical (unpaired) electrons. The van der Waals surface area contributed by atoms with Gasteiger partial charge in [-0.15, -0.1) is 0 Å². The number of rotatable bonds is 5. The molecule has 0 bridgehead atoms. The van der Waals surface area contributed by atoms with Crippen molar-refractivity contribution in [2.75, 3.05) is 0 Å². The van der Waals surface area contributed by atoms with Crippen molar-refractivity contribution >= 4 is 29.3 Å². The zero-order valence-corrected chi connectivity index (χ0v) is 14.0. The summed E-state index contributed by atoms with van der Waals surface area (Å²) in [6.07, 6.45) is 3.50. The van der Waals surface area contributed by atoms with E-state index in [4.69, 9.17) is 4.74 Å². The molecule has 1 aliphatic heterocycles. The number of ketones is 2. The molecule has 1 atom stereocenters. The molecule has 0 N–H and O–H groups in total. The van der Waals surface area contributed by atoms with Crippen LogP contribution in [0.5, 0.6) is 0 Å². The minimum atomic E-state index is -1.52. The SMILES string of the molecule is CC1=CC(=O)C(C(=O)/C=C/c2ccc(C(C)C)c([N+](=O)[O-])c2)C(=O)O1. The Morgan fingerprint density at radius 2 is 2.00 bits per heavy atom. The summed E-state index contributed by atoms with van der Waals surface area (Å²) >= 11 is 0. The average Bonchev–Trinajstić information content (AvgIpc) is 2.51. The number of hydrogen-bond donors (Lipinski definition) is 0. The first-order chi connectivity index (χ1) is 11.7. The Kier molecular flexibility index (Phi) is 5.26. The Morgan fingerprint density at radius 1 is 1.32 bits per heavy atom. The van der Waals surface area contributed by atoms with E-state index < -0.39 is 28.4 Å². The number of hydrogen-bond acceptors (Lipinski definition) is 6. The first-order valence-electron chi connectivity index (χ1n) is 7.64. The molecule has 1 aliphatic rings. The third-order valence-electron chi connectivity index (χ3n) is 3.73. The third kappa shape index (κ3) is 4.06. The van der Waals surface area contributed by atoms with Gasteiger partial charge in [-0.05, 0) is 24.5 Å². The zero-order chi connectivity index (χ0) is 18.7. The highest BCUT2D eigenvalue weighted by Gasteiger charge is 2.36. The monoisotopic (exact) mass is 343 g/mol. The molecule has 1 aromatic rings. The summed E-state index contributed by atoms with van der Waals surface area (Å²) in [6.45, 7) is 5.14. The second kappa shape index (κ2) is 7.21. The van der Waals surface area contributed by atoms with E-state index in [0.29, 0.717) is 11.1 Å². The molecule has 7 nitrogen and oxygen atoms in total. The largest absolute Gasteiger partial charge is 0.430 e. The van der Waals surface area contributed by atoms with Gasteiger partial charge in [0.05, 0.1) is 4.92 Å². The second-order valence-corrected chi connectivity index (χ2v) is 5.98. The highest BCUT2D eigenvalue weighted by atomic mass is 16.6. The number of cyclic esters (lactones) is 1. The van der Waals surface area contributed by atoms with Gasteiger partial charge in [0.25, 0.3) is 5.69 Å². The summed E-state index contributed by atoms with van der Waals surface area (Å²) in [5, 5.41) is 11.2. The normalized spacial score (nSPS) is 17.6. The van der Waals surface area contributed by atoms with Crippen LogP contribution in [-0.4, -0.2) is 22.5 Å². The van der Waals surface area contributed by atoms with Crippen molar-refractivity contribution in [2.24, 2.45) is 5.92 Å². The Balaban J connectivity index is 2.26. The molecule has 0 fully saturated rings. The molecule has 0 aromatic heterocycles. The summed E-state index contributed by atoms with van der Waals surface area (Å²) in [5.74, 6) is -3.68. The summed E-state index contributed by atoms with van der Waals surface area (Å²) in [7, 11) is 0. The molecule has 1 aromatic carbocycles. The van der Waals surface area contributed by atoms with Gasteiger partial charge in [-0.1, -0.05) is 32.1 Å². The van der Waals surface area contributed by atoms with E-state index in [9.17, 15) is 24.5 Å². The predicted molar refractivity (Wildman–Crippen MR) is 89.6 cm³/mol. The highest BCUT2D eigenvalue weighted by Crippen LogP contribution is 2.27. The topological polar surface area (TPSA) is 104 Å². The fourth-order valence-electron chi connectivity index (χ4n) is 2.49. The number of benzene rings is 1. The number of carbonyl (C=O) groups is 3.